The van der Waals surface area contributed by atoms with Gasteiger partial charge in [-0.05, 0) is 49.4 Å². The number of rotatable bonds is 3. The number of amides is 2. The first-order chi connectivity index (χ1) is 12.0. The van der Waals surface area contributed by atoms with Crippen molar-refractivity contribution in [1.82, 2.24) is 9.80 Å². The van der Waals surface area contributed by atoms with Crippen molar-refractivity contribution >= 4 is 11.8 Å². The van der Waals surface area contributed by atoms with Crippen molar-refractivity contribution in [2.45, 2.75) is 38.1 Å². The molecule has 0 unspecified atom stereocenters. The van der Waals surface area contributed by atoms with Gasteiger partial charge in [0.25, 0.3) is 5.91 Å². The molecule has 2 aliphatic rings. The molecule has 1 aromatic rings. The molecule has 1 saturated heterocycles. The van der Waals surface area contributed by atoms with Gasteiger partial charge in [0.15, 0.2) is 0 Å². The molecule has 2 atom stereocenters. The van der Waals surface area contributed by atoms with Crippen molar-refractivity contribution in [2.75, 3.05) is 26.2 Å². The zero-order valence-corrected chi connectivity index (χ0v) is 14.5. The Morgan fingerprint density at radius 1 is 1.00 bits per heavy atom. The summed E-state index contributed by atoms with van der Waals surface area (Å²) >= 11 is 0. The van der Waals surface area contributed by atoms with Gasteiger partial charge in [-0.2, -0.15) is 0 Å². The number of benzene rings is 1. The maximum Gasteiger partial charge on any atom is 0.253 e. The Balaban J connectivity index is 1.55. The van der Waals surface area contributed by atoms with Crippen LogP contribution in [0.25, 0.3) is 0 Å². The van der Waals surface area contributed by atoms with Crippen molar-refractivity contribution < 1.29 is 14.0 Å². The van der Waals surface area contributed by atoms with Crippen LogP contribution in [0, 0.1) is 11.7 Å². The van der Waals surface area contributed by atoms with E-state index in [4.69, 9.17) is 5.73 Å². The van der Waals surface area contributed by atoms with Crippen molar-refractivity contribution in [3.63, 3.8) is 0 Å². The minimum Gasteiger partial charge on any atom is -0.341 e. The molecule has 1 aliphatic carbocycles. The van der Waals surface area contributed by atoms with Gasteiger partial charge in [0.1, 0.15) is 5.82 Å². The average Bonchev–Trinajstić information content (AvgIpc) is 2.86. The highest BCUT2D eigenvalue weighted by Gasteiger charge is 2.29. The Labute approximate surface area is 148 Å². The summed E-state index contributed by atoms with van der Waals surface area (Å²) in [6.07, 6.45) is 4.44. The van der Waals surface area contributed by atoms with E-state index >= 15 is 0 Å². The highest BCUT2D eigenvalue weighted by atomic mass is 19.1. The van der Waals surface area contributed by atoms with Crippen molar-refractivity contribution in [3.05, 3.63) is 35.6 Å². The zero-order valence-electron chi connectivity index (χ0n) is 14.5. The second-order valence-corrected chi connectivity index (χ2v) is 7.09. The lowest BCUT2D eigenvalue weighted by Crippen LogP contribution is -2.39. The Morgan fingerprint density at radius 2 is 1.68 bits per heavy atom. The summed E-state index contributed by atoms with van der Waals surface area (Å²) in [5.41, 5.74) is 6.56. The fourth-order valence-corrected chi connectivity index (χ4v) is 3.82. The van der Waals surface area contributed by atoms with E-state index in [1.54, 1.807) is 4.90 Å². The molecule has 0 aromatic heterocycles. The van der Waals surface area contributed by atoms with E-state index in [-0.39, 0.29) is 23.7 Å². The van der Waals surface area contributed by atoms with Gasteiger partial charge in [-0.1, -0.05) is 6.42 Å². The smallest absolute Gasteiger partial charge is 0.253 e. The van der Waals surface area contributed by atoms with Crippen LogP contribution in [0.5, 0.6) is 0 Å². The monoisotopic (exact) mass is 347 g/mol. The molecular weight excluding hydrogens is 321 g/mol. The maximum absolute atomic E-state index is 13.0. The largest absolute Gasteiger partial charge is 0.341 e. The SMILES string of the molecule is N[C@@H]1CCC[C@H]1CC(=O)N1CCCN(C(=O)c2ccc(F)cc2)CC1. The van der Waals surface area contributed by atoms with E-state index in [0.717, 1.165) is 25.7 Å². The molecule has 6 heteroatoms. The minimum absolute atomic E-state index is 0.105. The van der Waals surface area contributed by atoms with Crippen LogP contribution in [-0.2, 0) is 4.79 Å². The van der Waals surface area contributed by atoms with Gasteiger partial charge in [-0.3, -0.25) is 9.59 Å². The van der Waals surface area contributed by atoms with Gasteiger partial charge in [0.2, 0.25) is 5.91 Å². The Morgan fingerprint density at radius 3 is 2.36 bits per heavy atom. The summed E-state index contributed by atoms with van der Waals surface area (Å²) in [5.74, 6) is -0.00689. The quantitative estimate of drug-likeness (QED) is 0.910. The molecule has 25 heavy (non-hydrogen) atoms. The molecule has 1 aromatic carbocycles. The van der Waals surface area contributed by atoms with Crippen LogP contribution in [0.3, 0.4) is 0 Å². The normalized spacial score (nSPS) is 24.2. The number of hydrogen-bond acceptors (Lipinski definition) is 3. The third-order valence-electron chi connectivity index (χ3n) is 5.38. The van der Waals surface area contributed by atoms with E-state index in [2.05, 4.69) is 0 Å². The lowest BCUT2D eigenvalue weighted by atomic mass is 9.99. The minimum atomic E-state index is -0.352. The number of halogens is 1. The van der Waals surface area contributed by atoms with E-state index in [1.807, 2.05) is 4.90 Å². The summed E-state index contributed by atoms with van der Waals surface area (Å²) in [4.78, 5) is 28.7. The molecule has 2 fully saturated rings. The molecule has 2 amide bonds. The van der Waals surface area contributed by atoms with Crippen molar-refractivity contribution in [1.29, 1.82) is 0 Å². The van der Waals surface area contributed by atoms with Crippen LogP contribution >= 0.6 is 0 Å². The topological polar surface area (TPSA) is 66.6 Å². The summed E-state index contributed by atoms with van der Waals surface area (Å²) in [7, 11) is 0. The van der Waals surface area contributed by atoms with Gasteiger partial charge < -0.3 is 15.5 Å². The molecule has 1 aliphatic heterocycles. The summed E-state index contributed by atoms with van der Waals surface area (Å²) < 4.78 is 13.0. The first kappa shape index (κ1) is 17.9. The molecule has 1 saturated carbocycles. The summed E-state index contributed by atoms with van der Waals surface area (Å²) in [6.45, 7) is 2.35. The average molecular weight is 347 g/mol. The van der Waals surface area contributed by atoms with Crippen LogP contribution in [-0.4, -0.2) is 53.8 Å². The second-order valence-electron chi connectivity index (χ2n) is 7.09. The van der Waals surface area contributed by atoms with E-state index in [0.29, 0.717) is 44.1 Å². The highest BCUT2D eigenvalue weighted by Crippen LogP contribution is 2.27. The van der Waals surface area contributed by atoms with E-state index in [1.165, 1.54) is 24.3 Å². The van der Waals surface area contributed by atoms with Crippen LogP contribution in [0.2, 0.25) is 0 Å². The van der Waals surface area contributed by atoms with Gasteiger partial charge in [-0.15, -0.1) is 0 Å². The number of nitrogens with zero attached hydrogens (tertiary/aromatic N) is 2. The standard InChI is InChI=1S/C19H26FN3O2/c20-16-7-5-14(6-8-16)19(25)23-10-2-9-22(11-12-23)18(24)13-15-3-1-4-17(15)21/h5-8,15,17H,1-4,9-13,21H2/t15-,17+/m0/s1. The molecular formula is C19H26FN3O2. The summed E-state index contributed by atoms with van der Waals surface area (Å²) in [5, 5.41) is 0. The van der Waals surface area contributed by atoms with Gasteiger partial charge in [0.05, 0.1) is 0 Å². The number of nitrogens with two attached hydrogens (primary N) is 1. The highest BCUT2D eigenvalue weighted by molar-refractivity contribution is 5.94. The Kier molecular flexibility index (Phi) is 5.68. The molecule has 0 spiro atoms. The first-order valence-corrected chi connectivity index (χ1v) is 9.13. The van der Waals surface area contributed by atoms with Crippen molar-refractivity contribution in [2.24, 2.45) is 11.7 Å². The van der Waals surface area contributed by atoms with E-state index in [9.17, 15) is 14.0 Å². The van der Waals surface area contributed by atoms with Gasteiger partial charge >= 0.3 is 0 Å². The molecule has 2 N–H and O–H groups in total. The molecule has 0 bridgehead atoms. The third kappa shape index (κ3) is 4.37. The number of carbonyl (C=O) groups is 2. The predicted molar refractivity (Wildman–Crippen MR) is 93.4 cm³/mol. The van der Waals surface area contributed by atoms with Gasteiger partial charge in [0, 0.05) is 44.2 Å². The fourth-order valence-electron chi connectivity index (χ4n) is 3.82. The summed E-state index contributed by atoms with van der Waals surface area (Å²) in [6, 6.07) is 5.75. The van der Waals surface area contributed by atoms with Crippen LogP contribution in [0.1, 0.15) is 42.5 Å². The molecule has 1 heterocycles. The predicted octanol–water partition coefficient (Wildman–Crippen LogP) is 2.02. The lowest BCUT2D eigenvalue weighted by Gasteiger charge is -2.24. The van der Waals surface area contributed by atoms with Crippen LogP contribution < -0.4 is 5.73 Å². The first-order valence-electron chi connectivity index (χ1n) is 9.13. The number of carbonyl (C=O) groups excluding carboxylic acids is 2. The zero-order chi connectivity index (χ0) is 17.8. The van der Waals surface area contributed by atoms with Gasteiger partial charge in [-0.25, -0.2) is 4.39 Å². The molecule has 136 valence electrons. The third-order valence-corrected chi connectivity index (χ3v) is 5.38. The van der Waals surface area contributed by atoms with Crippen molar-refractivity contribution in [3.8, 4) is 0 Å². The van der Waals surface area contributed by atoms with Crippen LogP contribution in [0.4, 0.5) is 4.39 Å². The Bertz CT molecular complexity index is 620. The Hall–Kier alpha value is -1.95. The number of hydrogen-bond donors (Lipinski definition) is 1. The molecule has 5 nitrogen and oxygen atoms in total. The van der Waals surface area contributed by atoms with Crippen LogP contribution in [0.15, 0.2) is 24.3 Å². The maximum atomic E-state index is 13.0. The van der Waals surface area contributed by atoms with E-state index < -0.39 is 0 Å². The lowest BCUT2D eigenvalue weighted by molar-refractivity contribution is -0.132. The molecule has 0 radical (unpaired) electrons. The molecule has 3 rings (SSSR count). The second kappa shape index (κ2) is 7.95. The fraction of sp³-hybridized carbons (Fsp3) is 0.579.